The summed E-state index contributed by atoms with van der Waals surface area (Å²) in [4.78, 5) is 0. The number of allylic oxidation sites excluding steroid dienone is 23. The largest absolute Gasteiger partial charge is 0.393 e. The van der Waals surface area contributed by atoms with Gasteiger partial charge in [-0.1, -0.05) is 164 Å². The van der Waals surface area contributed by atoms with E-state index in [2.05, 4.69) is 173 Å². The molecule has 1 heteroatoms. The minimum atomic E-state index is -0.222. The molecule has 2 rings (SSSR count). The molecule has 0 aliphatic heterocycles. The Labute approximate surface area is 251 Å². The van der Waals surface area contributed by atoms with Gasteiger partial charge in [0.25, 0.3) is 0 Å². The summed E-state index contributed by atoms with van der Waals surface area (Å²) in [5.74, 6) is 0.438. The highest BCUT2D eigenvalue weighted by Crippen LogP contribution is 2.41. The molecule has 0 saturated carbocycles. The van der Waals surface area contributed by atoms with Gasteiger partial charge in [0, 0.05) is 5.92 Å². The predicted octanol–water partition coefficient (Wildman–Crippen LogP) is 11.2. The van der Waals surface area contributed by atoms with Crippen LogP contribution in [0.25, 0.3) is 0 Å². The van der Waals surface area contributed by atoms with Gasteiger partial charge in [-0.25, -0.2) is 0 Å². The first-order valence-corrected chi connectivity index (χ1v) is 15.0. The van der Waals surface area contributed by atoms with Gasteiger partial charge in [0.15, 0.2) is 0 Å². The van der Waals surface area contributed by atoms with Crippen LogP contribution in [0.2, 0.25) is 0 Å². The first-order chi connectivity index (χ1) is 19.2. The zero-order valence-electron chi connectivity index (χ0n) is 27.3. The molecule has 220 valence electrons. The number of aliphatic hydroxyl groups is 1. The van der Waals surface area contributed by atoms with Crippen LogP contribution in [0.4, 0.5) is 0 Å². The smallest absolute Gasteiger partial charge is 0.0585 e. The van der Waals surface area contributed by atoms with E-state index in [0.29, 0.717) is 5.92 Å². The van der Waals surface area contributed by atoms with Gasteiger partial charge < -0.3 is 5.11 Å². The van der Waals surface area contributed by atoms with Gasteiger partial charge in [-0.3, -0.25) is 0 Å². The number of hydrogen-bond acceptors (Lipinski definition) is 1. The van der Waals surface area contributed by atoms with Gasteiger partial charge >= 0.3 is 0 Å². The van der Waals surface area contributed by atoms with Gasteiger partial charge in [-0.05, 0) is 70.8 Å². The molecular weight excluding hydrogens is 496 g/mol. The van der Waals surface area contributed by atoms with E-state index in [1.54, 1.807) is 0 Å². The van der Waals surface area contributed by atoms with Gasteiger partial charge in [0.05, 0.1) is 6.10 Å². The normalized spacial score (nSPS) is 24.7. The molecule has 0 bridgehead atoms. The Morgan fingerprint density at radius 1 is 0.756 bits per heavy atom. The van der Waals surface area contributed by atoms with Crippen molar-refractivity contribution >= 4 is 0 Å². The minimum absolute atomic E-state index is 0.0108. The molecule has 0 unspecified atom stereocenters. The summed E-state index contributed by atoms with van der Waals surface area (Å²) in [6, 6.07) is 0. The van der Waals surface area contributed by atoms with Crippen LogP contribution in [0.1, 0.15) is 82.1 Å². The van der Waals surface area contributed by atoms with E-state index in [1.807, 2.05) is 0 Å². The highest BCUT2D eigenvalue weighted by atomic mass is 16.3. The first-order valence-electron chi connectivity index (χ1n) is 15.0. The van der Waals surface area contributed by atoms with E-state index in [9.17, 15) is 5.11 Å². The molecule has 1 nitrogen and oxygen atoms in total. The molecule has 0 saturated heterocycles. The van der Waals surface area contributed by atoms with Crippen LogP contribution in [-0.4, -0.2) is 11.2 Å². The molecule has 0 amide bonds. The van der Waals surface area contributed by atoms with Crippen LogP contribution in [0.15, 0.2) is 142 Å². The highest BCUT2D eigenvalue weighted by molar-refractivity contribution is 5.38. The van der Waals surface area contributed by atoms with E-state index in [1.165, 1.54) is 39.0 Å². The average Bonchev–Trinajstić information content (AvgIpc) is 2.84. The summed E-state index contributed by atoms with van der Waals surface area (Å²) in [5.41, 5.74) is 9.09. The second-order valence-electron chi connectivity index (χ2n) is 13.1. The molecule has 1 N–H and O–H groups in total. The SMILES string of the molecule is CC(C=CC=C(C)C=CC1=C(C)C[C@@H](O)CC1(C)C)=CC=CC=C(C)C=CC=C(C)C=C[C@H]1C(C)=CC=CC1(C)C. The van der Waals surface area contributed by atoms with E-state index in [-0.39, 0.29) is 16.9 Å². The van der Waals surface area contributed by atoms with Gasteiger partial charge in [-0.15, -0.1) is 0 Å². The lowest BCUT2D eigenvalue weighted by Gasteiger charge is -2.35. The van der Waals surface area contributed by atoms with Crippen LogP contribution < -0.4 is 0 Å². The van der Waals surface area contributed by atoms with E-state index in [0.717, 1.165) is 12.8 Å². The van der Waals surface area contributed by atoms with E-state index < -0.39 is 0 Å². The number of rotatable bonds is 10. The summed E-state index contributed by atoms with van der Waals surface area (Å²) < 4.78 is 0. The summed E-state index contributed by atoms with van der Waals surface area (Å²) in [5, 5.41) is 10.1. The Morgan fingerprint density at radius 3 is 1.80 bits per heavy atom. The Morgan fingerprint density at radius 2 is 1.27 bits per heavy atom. The van der Waals surface area contributed by atoms with Crippen molar-refractivity contribution in [2.45, 2.75) is 88.2 Å². The summed E-state index contributed by atoms with van der Waals surface area (Å²) >= 11 is 0. The fourth-order valence-corrected chi connectivity index (χ4v) is 5.62. The van der Waals surface area contributed by atoms with Crippen LogP contribution in [0.3, 0.4) is 0 Å². The van der Waals surface area contributed by atoms with Crippen LogP contribution in [-0.2, 0) is 0 Å². The predicted molar refractivity (Wildman–Crippen MR) is 183 cm³/mol. The molecule has 0 aromatic rings. The molecule has 0 fully saturated rings. The molecule has 0 aromatic heterocycles. The molecule has 0 aromatic carbocycles. The molecule has 0 heterocycles. The lowest BCUT2D eigenvalue weighted by molar-refractivity contribution is 0.116. The van der Waals surface area contributed by atoms with E-state index >= 15 is 0 Å². The number of hydrogen-bond donors (Lipinski definition) is 1. The Bertz CT molecular complexity index is 1280. The van der Waals surface area contributed by atoms with Crippen molar-refractivity contribution in [3.63, 3.8) is 0 Å². The van der Waals surface area contributed by atoms with Crippen LogP contribution in [0.5, 0.6) is 0 Å². The fraction of sp³-hybridized carbons (Fsp3) is 0.400. The van der Waals surface area contributed by atoms with Gasteiger partial charge in [-0.2, -0.15) is 0 Å². The molecular formula is C40H54O. The summed E-state index contributed by atoms with van der Waals surface area (Å²) in [6.07, 6.45) is 38.3. The second-order valence-corrected chi connectivity index (χ2v) is 13.1. The Kier molecular flexibility index (Phi) is 13.1. The second kappa shape index (κ2) is 15.7. The topological polar surface area (TPSA) is 20.2 Å². The first kappa shape index (κ1) is 34.0. The quantitative estimate of drug-likeness (QED) is 0.268. The average molecular weight is 551 g/mol. The Balaban J connectivity index is 1.89. The third-order valence-corrected chi connectivity index (χ3v) is 7.98. The molecule has 2 aliphatic rings. The van der Waals surface area contributed by atoms with Crippen molar-refractivity contribution < 1.29 is 5.11 Å². The summed E-state index contributed by atoms with van der Waals surface area (Å²) in [6.45, 7) is 21.9. The maximum absolute atomic E-state index is 10.1. The molecule has 2 atom stereocenters. The van der Waals surface area contributed by atoms with Crippen LogP contribution in [0, 0.1) is 16.7 Å². The summed E-state index contributed by atoms with van der Waals surface area (Å²) in [7, 11) is 0. The zero-order chi connectivity index (χ0) is 30.6. The number of aliphatic hydroxyl groups excluding tert-OH is 1. The van der Waals surface area contributed by atoms with Gasteiger partial charge in [0.2, 0.25) is 0 Å². The monoisotopic (exact) mass is 550 g/mol. The van der Waals surface area contributed by atoms with Crippen molar-refractivity contribution in [1.82, 2.24) is 0 Å². The standard InChI is InChI=1S/C40H54O/c1-30(18-13-20-32(3)23-25-37-34(5)22-15-27-39(37,7)8)16-11-12-17-31(2)19-14-21-33(4)24-26-38-35(6)28-36(41)29-40(38,9)10/h11-27,36-37,41H,28-29H2,1-10H3/t36-,37+/m1/s1. The highest BCUT2D eigenvalue weighted by Gasteiger charge is 2.31. The van der Waals surface area contributed by atoms with Crippen molar-refractivity contribution in [3.05, 3.63) is 142 Å². The van der Waals surface area contributed by atoms with Crippen molar-refractivity contribution in [2.75, 3.05) is 0 Å². The minimum Gasteiger partial charge on any atom is -0.393 e. The van der Waals surface area contributed by atoms with Crippen LogP contribution >= 0.6 is 0 Å². The third kappa shape index (κ3) is 11.7. The lowest BCUT2D eigenvalue weighted by Crippen LogP contribution is -2.28. The molecule has 0 radical (unpaired) electrons. The van der Waals surface area contributed by atoms with Crippen molar-refractivity contribution in [1.29, 1.82) is 0 Å². The molecule has 41 heavy (non-hydrogen) atoms. The van der Waals surface area contributed by atoms with Crippen molar-refractivity contribution in [2.24, 2.45) is 16.7 Å². The Hall–Kier alpha value is -3.16. The maximum atomic E-state index is 10.1. The molecule has 0 spiro atoms. The lowest BCUT2D eigenvalue weighted by atomic mass is 9.71. The van der Waals surface area contributed by atoms with E-state index in [4.69, 9.17) is 0 Å². The maximum Gasteiger partial charge on any atom is 0.0585 e. The van der Waals surface area contributed by atoms with Gasteiger partial charge in [0.1, 0.15) is 0 Å². The molecule has 2 aliphatic carbocycles. The zero-order valence-corrected chi connectivity index (χ0v) is 27.3. The van der Waals surface area contributed by atoms with Crippen molar-refractivity contribution in [3.8, 4) is 0 Å². The third-order valence-electron chi connectivity index (χ3n) is 7.98. The fourth-order valence-electron chi connectivity index (χ4n) is 5.62.